The van der Waals surface area contributed by atoms with Gasteiger partial charge in [0.2, 0.25) is 0 Å². The fourth-order valence-electron chi connectivity index (χ4n) is 0.860. The summed E-state index contributed by atoms with van der Waals surface area (Å²) in [7, 11) is 1.41. The van der Waals surface area contributed by atoms with Gasteiger partial charge in [-0.15, -0.1) is 18.2 Å². The van der Waals surface area contributed by atoms with Crippen LogP contribution in [-0.2, 0) is 9.53 Å². The summed E-state index contributed by atoms with van der Waals surface area (Å²) in [6, 6.07) is 0. The Bertz CT molecular complexity index is 189. The molecule has 0 bridgehead atoms. The van der Waals surface area contributed by atoms with Gasteiger partial charge in [0.25, 0.3) is 0 Å². The molecule has 0 spiro atoms. The number of hydrogen-bond donors (Lipinski definition) is 1. The van der Waals surface area contributed by atoms with Gasteiger partial charge in [0, 0.05) is 18.7 Å². The molecule has 0 unspecified atom stereocenters. The first-order valence-corrected chi connectivity index (χ1v) is 5.75. The predicted molar refractivity (Wildman–Crippen MR) is 60.3 cm³/mol. The Kier molecular flexibility index (Phi) is 9.93. The summed E-state index contributed by atoms with van der Waals surface area (Å²) in [4.78, 5) is 10.7. The Morgan fingerprint density at radius 2 is 2.36 bits per heavy atom. The molecule has 0 aromatic heterocycles. The van der Waals surface area contributed by atoms with Crippen molar-refractivity contribution in [3.8, 4) is 12.3 Å². The number of nitrogens with one attached hydrogen (secondary N) is 1. The second-order valence-electron chi connectivity index (χ2n) is 2.69. The molecule has 3 nitrogen and oxygen atoms in total. The van der Waals surface area contributed by atoms with E-state index in [-0.39, 0.29) is 5.97 Å². The number of carbonyl (C=O) groups is 1. The Balaban J connectivity index is 3.00. The molecule has 0 fully saturated rings. The number of methoxy groups -OCH3 is 1. The molecule has 14 heavy (non-hydrogen) atoms. The van der Waals surface area contributed by atoms with Gasteiger partial charge in [-0.05, 0) is 13.0 Å². The number of esters is 1. The second kappa shape index (κ2) is 10.4. The van der Waals surface area contributed by atoms with Gasteiger partial charge in [0.1, 0.15) is 0 Å². The lowest BCUT2D eigenvalue weighted by Crippen LogP contribution is -2.19. The molecule has 0 aromatic carbocycles. The van der Waals surface area contributed by atoms with E-state index in [0.29, 0.717) is 6.42 Å². The van der Waals surface area contributed by atoms with Crippen molar-refractivity contribution in [1.29, 1.82) is 0 Å². The Hall–Kier alpha value is -0.660. The molecule has 0 aliphatic rings. The minimum Gasteiger partial charge on any atom is -0.469 e. The molecule has 0 heterocycles. The van der Waals surface area contributed by atoms with E-state index in [1.54, 1.807) is 11.8 Å². The van der Waals surface area contributed by atoms with E-state index < -0.39 is 0 Å². The number of hydrogen-bond acceptors (Lipinski definition) is 4. The van der Waals surface area contributed by atoms with Crippen molar-refractivity contribution in [1.82, 2.24) is 5.32 Å². The van der Waals surface area contributed by atoms with Crippen LogP contribution in [0.25, 0.3) is 0 Å². The maximum Gasteiger partial charge on any atom is 0.305 e. The summed E-state index contributed by atoms with van der Waals surface area (Å²) in [5.74, 6) is 4.21. The zero-order chi connectivity index (χ0) is 10.6. The Labute approximate surface area is 90.0 Å². The van der Waals surface area contributed by atoms with Gasteiger partial charge in [-0.25, -0.2) is 0 Å². The Morgan fingerprint density at radius 1 is 1.57 bits per heavy atom. The van der Waals surface area contributed by atoms with Gasteiger partial charge in [-0.3, -0.25) is 4.79 Å². The summed E-state index contributed by atoms with van der Waals surface area (Å²) in [5.41, 5.74) is 0. The highest BCUT2D eigenvalue weighted by Crippen LogP contribution is 1.95. The second-order valence-corrected chi connectivity index (χ2v) is 3.79. The van der Waals surface area contributed by atoms with Crippen LogP contribution in [0.15, 0.2) is 0 Å². The molecule has 0 amide bonds. The van der Waals surface area contributed by atoms with Gasteiger partial charge in [-0.2, -0.15) is 0 Å². The van der Waals surface area contributed by atoms with Gasteiger partial charge in [0.15, 0.2) is 0 Å². The van der Waals surface area contributed by atoms with Crippen LogP contribution in [0.2, 0.25) is 0 Å². The smallest absolute Gasteiger partial charge is 0.305 e. The lowest BCUT2D eigenvalue weighted by atomic mass is 10.3. The number of carbonyl (C=O) groups excluding carboxylic acids is 1. The number of thioether (sulfide) groups is 1. The van der Waals surface area contributed by atoms with E-state index in [9.17, 15) is 4.79 Å². The third-order valence-corrected chi connectivity index (χ3v) is 2.43. The van der Waals surface area contributed by atoms with Gasteiger partial charge < -0.3 is 10.1 Å². The number of terminal acetylenes is 1. The average molecular weight is 215 g/mol. The largest absolute Gasteiger partial charge is 0.469 e. The summed E-state index contributed by atoms with van der Waals surface area (Å²) in [5, 5.41) is 3.23. The zero-order valence-electron chi connectivity index (χ0n) is 8.54. The van der Waals surface area contributed by atoms with E-state index in [0.717, 1.165) is 31.0 Å². The maximum absolute atomic E-state index is 10.7. The molecule has 0 aliphatic carbocycles. The summed E-state index contributed by atoms with van der Waals surface area (Å²) < 4.78 is 4.52. The summed E-state index contributed by atoms with van der Waals surface area (Å²) >= 11 is 1.73. The molecule has 0 aliphatic heterocycles. The Morgan fingerprint density at radius 3 is 3.00 bits per heavy atom. The average Bonchev–Trinajstić information content (AvgIpc) is 2.21. The first-order chi connectivity index (χ1) is 6.81. The first kappa shape index (κ1) is 13.3. The highest BCUT2D eigenvalue weighted by Gasteiger charge is 1.97. The fraction of sp³-hybridized carbons (Fsp3) is 0.700. The molecule has 0 saturated carbocycles. The van der Waals surface area contributed by atoms with Gasteiger partial charge in [-0.1, -0.05) is 5.92 Å². The minimum atomic E-state index is -0.145. The van der Waals surface area contributed by atoms with Crippen LogP contribution >= 0.6 is 11.8 Å². The third-order valence-electron chi connectivity index (χ3n) is 1.57. The van der Waals surface area contributed by atoms with Crippen LogP contribution < -0.4 is 5.32 Å². The molecule has 80 valence electrons. The van der Waals surface area contributed by atoms with Crippen molar-refractivity contribution in [3.63, 3.8) is 0 Å². The molecular formula is C10H17NO2S. The maximum atomic E-state index is 10.7. The van der Waals surface area contributed by atoms with Crippen molar-refractivity contribution in [2.24, 2.45) is 0 Å². The summed E-state index contributed by atoms with van der Waals surface area (Å²) in [6.45, 7) is 1.79. The van der Waals surface area contributed by atoms with Crippen LogP contribution in [0.5, 0.6) is 0 Å². The van der Waals surface area contributed by atoms with Crippen LogP contribution in [0, 0.1) is 12.3 Å². The molecule has 0 radical (unpaired) electrons. The number of ether oxygens (including phenoxy) is 1. The van der Waals surface area contributed by atoms with Crippen molar-refractivity contribution in [2.75, 3.05) is 31.7 Å². The molecule has 0 saturated heterocycles. The lowest BCUT2D eigenvalue weighted by molar-refractivity contribution is -0.140. The van der Waals surface area contributed by atoms with E-state index in [2.05, 4.69) is 16.0 Å². The normalized spacial score (nSPS) is 9.43. The fourth-order valence-corrected chi connectivity index (χ4v) is 1.41. The van der Waals surface area contributed by atoms with Crippen molar-refractivity contribution in [3.05, 3.63) is 0 Å². The van der Waals surface area contributed by atoms with E-state index >= 15 is 0 Å². The van der Waals surface area contributed by atoms with Crippen LogP contribution in [0.3, 0.4) is 0 Å². The first-order valence-electron chi connectivity index (χ1n) is 4.60. The van der Waals surface area contributed by atoms with Crippen molar-refractivity contribution in [2.45, 2.75) is 12.8 Å². The SMILES string of the molecule is C#CCSCCNCCCC(=O)OC. The highest BCUT2D eigenvalue weighted by atomic mass is 32.2. The van der Waals surface area contributed by atoms with Gasteiger partial charge in [0.05, 0.1) is 12.9 Å². The molecular weight excluding hydrogens is 198 g/mol. The highest BCUT2D eigenvalue weighted by molar-refractivity contribution is 7.99. The van der Waals surface area contributed by atoms with Crippen LogP contribution in [-0.4, -0.2) is 37.7 Å². The zero-order valence-corrected chi connectivity index (χ0v) is 9.36. The van der Waals surface area contributed by atoms with E-state index in [1.807, 2.05) is 0 Å². The molecule has 0 rings (SSSR count). The van der Waals surface area contributed by atoms with Crippen molar-refractivity contribution < 1.29 is 9.53 Å². The molecule has 0 aromatic rings. The molecule has 4 heteroatoms. The third kappa shape index (κ3) is 9.43. The topological polar surface area (TPSA) is 38.3 Å². The van der Waals surface area contributed by atoms with E-state index in [1.165, 1.54) is 7.11 Å². The van der Waals surface area contributed by atoms with Gasteiger partial charge >= 0.3 is 5.97 Å². The quantitative estimate of drug-likeness (QED) is 0.371. The summed E-state index contributed by atoms with van der Waals surface area (Å²) in [6.07, 6.45) is 6.41. The van der Waals surface area contributed by atoms with Crippen LogP contribution in [0.4, 0.5) is 0 Å². The molecule has 0 atom stereocenters. The number of rotatable bonds is 8. The van der Waals surface area contributed by atoms with E-state index in [4.69, 9.17) is 6.42 Å². The van der Waals surface area contributed by atoms with Crippen molar-refractivity contribution >= 4 is 17.7 Å². The lowest BCUT2D eigenvalue weighted by Gasteiger charge is -2.02. The molecule has 1 N–H and O–H groups in total. The monoisotopic (exact) mass is 215 g/mol. The minimum absolute atomic E-state index is 0.145. The predicted octanol–water partition coefficient (Wildman–Crippen LogP) is 0.896. The van der Waals surface area contributed by atoms with Crippen LogP contribution in [0.1, 0.15) is 12.8 Å². The standard InChI is InChI=1S/C10H17NO2S/c1-3-8-14-9-7-11-6-4-5-10(12)13-2/h1,11H,4-9H2,2H3.